The van der Waals surface area contributed by atoms with Crippen LogP contribution in [-0.2, 0) is 6.54 Å². The number of nitrogens with one attached hydrogen (secondary N) is 2. The highest BCUT2D eigenvalue weighted by Gasteiger charge is 2.04. The van der Waals surface area contributed by atoms with Gasteiger partial charge in [0, 0.05) is 28.0 Å². The number of benzene rings is 1. The molecule has 0 fully saturated rings. The highest BCUT2D eigenvalue weighted by molar-refractivity contribution is 14.1. The van der Waals surface area contributed by atoms with Crippen LogP contribution in [0.2, 0.25) is 0 Å². The molecule has 0 saturated heterocycles. The summed E-state index contributed by atoms with van der Waals surface area (Å²) in [4.78, 5) is 0. The van der Waals surface area contributed by atoms with E-state index in [-0.39, 0.29) is 0 Å². The van der Waals surface area contributed by atoms with Crippen molar-refractivity contribution in [3.63, 3.8) is 0 Å². The third kappa shape index (κ3) is 3.05. The molecule has 16 heavy (non-hydrogen) atoms. The summed E-state index contributed by atoms with van der Waals surface area (Å²) < 4.78 is 1.27. The van der Waals surface area contributed by atoms with Crippen LogP contribution in [0.25, 0.3) is 0 Å². The summed E-state index contributed by atoms with van der Waals surface area (Å²) in [6, 6.07) is 10.9. The van der Waals surface area contributed by atoms with E-state index in [0.29, 0.717) is 6.04 Å². The normalized spacial score (nSPS) is 12.6. The molecule has 0 aliphatic heterocycles. The molecule has 1 unspecified atom stereocenters. The molecule has 2 aromatic rings. The van der Waals surface area contributed by atoms with E-state index in [4.69, 9.17) is 0 Å². The first-order valence-electron chi connectivity index (χ1n) is 5.23. The predicted molar refractivity (Wildman–Crippen MR) is 73.0 cm³/mol. The highest BCUT2D eigenvalue weighted by atomic mass is 127. The van der Waals surface area contributed by atoms with Crippen LogP contribution in [0.5, 0.6) is 0 Å². The van der Waals surface area contributed by atoms with E-state index in [1.807, 2.05) is 6.07 Å². The minimum atomic E-state index is 0.348. The van der Waals surface area contributed by atoms with E-state index in [1.165, 1.54) is 9.13 Å². The second-order valence-electron chi connectivity index (χ2n) is 3.74. The third-order valence-corrected chi connectivity index (χ3v) is 3.25. The van der Waals surface area contributed by atoms with Crippen molar-refractivity contribution < 1.29 is 0 Å². The van der Waals surface area contributed by atoms with Gasteiger partial charge in [-0.3, -0.25) is 5.10 Å². The van der Waals surface area contributed by atoms with E-state index in [1.54, 1.807) is 6.20 Å². The van der Waals surface area contributed by atoms with Gasteiger partial charge in [0.25, 0.3) is 0 Å². The predicted octanol–water partition coefficient (Wildman–Crippen LogP) is 2.87. The molecule has 1 atom stereocenters. The highest BCUT2D eigenvalue weighted by Crippen LogP contribution is 2.14. The molecule has 2 N–H and O–H groups in total. The van der Waals surface area contributed by atoms with Gasteiger partial charge in [-0.1, -0.05) is 12.1 Å². The zero-order valence-corrected chi connectivity index (χ0v) is 11.2. The maximum Gasteiger partial charge on any atom is 0.0490 e. The van der Waals surface area contributed by atoms with Gasteiger partial charge in [0.1, 0.15) is 0 Å². The zero-order valence-electron chi connectivity index (χ0n) is 9.07. The number of hydrogen-bond acceptors (Lipinski definition) is 2. The molecule has 1 aromatic carbocycles. The topological polar surface area (TPSA) is 40.7 Å². The number of hydrogen-bond donors (Lipinski definition) is 2. The first kappa shape index (κ1) is 11.6. The smallest absolute Gasteiger partial charge is 0.0490 e. The van der Waals surface area contributed by atoms with Crippen LogP contribution in [0.3, 0.4) is 0 Å². The molecule has 0 aliphatic rings. The minimum Gasteiger partial charge on any atom is -0.305 e. The second kappa shape index (κ2) is 5.45. The van der Waals surface area contributed by atoms with Crippen LogP contribution in [0.15, 0.2) is 36.5 Å². The van der Waals surface area contributed by atoms with Crippen molar-refractivity contribution in [2.24, 2.45) is 0 Å². The van der Waals surface area contributed by atoms with Gasteiger partial charge in [-0.2, -0.15) is 5.10 Å². The molecule has 1 aromatic heterocycles. The fraction of sp³-hybridized carbons (Fsp3) is 0.250. The summed E-state index contributed by atoms with van der Waals surface area (Å²) >= 11 is 2.32. The van der Waals surface area contributed by atoms with Crippen molar-refractivity contribution in [3.8, 4) is 0 Å². The summed E-state index contributed by atoms with van der Waals surface area (Å²) in [7, 11) is 0. The number of halogens is 1. The lowest BCUT2D eigenvalue weighted by molar-refractivity contribution is 0.567. The lowest BCUT2D eigenvalue weighted by atomic mass is 10.1. The quantitative estimate of drug-likeness (QED) is 0.848. The summed E-state index contributed by atoms with van der Waals surface area (Å²) in [6.45, 7) is 2.98. The average Bonchev–Trinajstić information content (AvgIpc) is 2.80. The average molecular weight is 327 g/mol. The van der Waals surface area contributed by atoms with Crippen molar-refractivity contribution in [2.45, 2.75) is 19.5 Å². The van der Waals surface area contributed by atoms with Crippen molar-refractivity contribution in [2.75, 3.05) is 0 Å². The Morgan fingerprint density at radius 3 is 2.69 bits per heavy atom. The van der Waals surface area contributed by atoms with E-state index in [9.17, 15) is 0 Å². The van der Waals surface area contributed by atoms with Gasteiger partial charge in [0.05, 0.1) is 0 Å². The fourth-order valence-corrected chi connectivity index (χ4v) is 1.88. The van der Waals surface area contributed by atoms with Gasteiger partial charge in [-0.15, -0.1) is 0 Å². The van der Waals surface area contributed by atoms with Gasteiger partial charge in [-0.05, 0) is 53.3 Å². The van der Waals surface area contributed by atoms with E-state index in [0.717, 1.165) is 12.2 Å². The maximum atomic E-state index is 3.92. The Kier molecular flexibility index (Phi) is 3.95. The molecule has 84 valence electrons. The van der Waals surface area contributed by atoms with E-state index in [2.05, 4.69) is 69.3 Å². The Bertz CT molecular complexity index is 422. The molecular formula is C12H14IN3. The number of aromatic amines is 1. The molecule has 0 saturated carbocycles. The van der Waals surface area contributed by atoms with E-state index >= 15 is 0 Å². The Morgan fingerprint density at radius 1 is 1.31 bits per heavy atom. The number of rotatable bonds is 4. The molecule has 0 amide bonds. The van der Waals surface area contributed by atoms with Gasteiger partial charge in [0.15, 0.2) is 0 Å². The molecule has 3 nitrogen and oxygen atoms in total. The molecular weight excluding hydrogens is 313 g/mol. The Morgan fingerprint density at radius 2 is 2.06 bits per heavy atom. The number of H-pyrrole nitrogens is 1. The first-order valence-corrected chi connectivity index (χ1v) is 6.30. The minimum absolute atomic E-state index is 0.348. The Labute approximate surface area is 109 Å². The SMILES string of the molecule is CC(NCc1ccn[nH]1)c1ccc(I)cc1. The van der Waals surface area contributed by atoms with Gasteiger partial charge in [0.2, 0.25) is 0 Å². The third-order valence-electron chi connectivity index (χ3n) is 2.53. The van der Waals surface area contributed by atoms with Crippen molar-refractivity contribution in [3.05, 3.63) is 51.4 Å². The molecule has 4 heteroatoms. The van der Waals surface area contributed by atoms with Gasteiger partial charge < -0.3 is 5.32 Å². The number of nitrogens with zero attached hydrogens (tertiary/aromatic N) is 1. The molecule has 0 spiro atoms. The standard InChI is InChI=1S/C12H14IN3/c1-9(10-2-4-11(13)5-3-10)14-8-12-6-7-15-16-12/h2-7,9,14H,8H2,1H3,(H,15,16). The van der Waals surface area contributed by atoms with Crippen LogP contribution < -0.4 is 5.32 Å². The zero-order chi connectivity index (χ0) is 11.4. The van der Waals surface area contributed by atoms with Crippen molar-refractivity contribution in [1.29, 1.82) is 0 Å². The van der Waals surface area contributed by atoms with Gasteiger partial charge >= 0.3 is 0 Å². The van der Waals surface area contributed by atoms with Gasteiger partial charge in [-0.25, -0.2) is 0 Å². The summed E-state index contributed by atoms with van der Waals surface area (Å²) in [6.07, 6.45) is 1.77. The molecule has 0 bridgehead atoms. The second-order valence-corrected chi connectivity index (χ2v) is 4.98. The summed E-state index contributed by atoms with van der Waals surface area (Å²) in [5.74, 6) is 0. The van der Waals surface area contributed by atoms with Crippen molar-refractivity contribution >= 4 is 22.6 Å². The molecule has 0 aliphatic carbocycles. The summed E-state index contributed by atoms with van der Waals surface area (Å²) in [5.41, 5.74) is 2.41. The maximum absolute atomic E-state index is 3.92. The summed E-state index contributed by atoms with van der Waals surface area (Å²) in [5, 5.41) is 10.3. The Balaban J connectivity index is 1.93. The lowest BCUT2D eigenvalue weighted by Crippen LogP contribution is -2.18. The number of aromatic nitrogens is 2. The van der Waals surface area contributed by atoms with Crippen LogP contribution in [-0.4, -0.2) is 10.2 Å². The van der Waals surface area contributed by atoms with Crippen LogP contribution in [0.1, 0.15) is 24.2 Å². The molecule has 1 heterocycles. The van der Waals surface area contributed by atoms with Crippen LogP contribution in [0.4, 0.5) is 0 Å². The van der Waals surface area contributed by atoms with Crippen molar-refractivity contribution in [1.82, 2.24) is 15.5 Å². The monoisotopic (exact) mass is 327 g/mol. The molecule has 2 rings (SSSR count). The molecule has 0 radical (unpaired) electrons. The Hall–Kier alpha value is -0.880. The van der Waals surface area contributed by atoms with Crippen LogP contribution in [0, 0.1) is 3.57 Å². The lowest BCUT2D eigenvalue weighted by Gasteiger charge is -2.13. The van der Waals surface area contributed by atoms with Crippen LogP contribution >= 0.6 is 22.6 Å². The van der Waals surface area contributed by atoms with E-state index < -0.39 is 0 Å². The largest absolute Gasteiger partial charge is 0.305 e. The fourth-order valence-electron chi connectivity index (χ4n) is 1.52. The first-order chi connectivity index (χ1) is 7.75.